The smallest absolute Gasteiger partial charge is 0.260 e. The van der Waals surface area contributed by atoms with Crippen molar-refractivity contribution in [3.8, 4) is 17.0 Å². The molecule has 4 heterocycles. The Morgan fingerprint density at radius 3 is 2.84 bits per heavy atom. The van der Waals surface area contributed by atoms with Gasteiger partial charge in [0.15, 0.2) is 0 Å². The number of hydrogen-bond acceptors (Lipinski definition) is 6. The molecule has 0 radical (unpaired) electrons. The molecule has 32 heavy (non-hydrogen) atoms. The summed E-state index contributed by atoms with van der Waals surface area (Å²) < 4.78 is 20.1. The molecule has 2 aliphatic rings. The van der Waals surface area contributed by atoms with Gasteiger partial charge in [-0.2, -0.15) is 0 Å². The highest BCUT2D eigenvalue weighted by Crippen LogP contribution is 2.38. The van der Waals surface area contributed by atoms with Gasteiger partial charge < -0.3 is 15.0 Å². The number of benzene rings is 1. The van der Waals surface area contributed by atoms with Gasteiger partial charge in [0.05, 0.1) is 24.9 Å². The molecule has 0 bridgehead atoms. The summed E-state index contributed by atoms with van der Waals surface area (Å²) in [5.74, 6) is 1.14. The van der Waals surface area contributed by atoms with Gasteiger partial charge in [0, 0.05) is 37.0 Å². The third kappa shape index (κ3) is 3.36. The van der Waals surface area contributed by atoms with Crippen molar-refractivity contribution in [2.75, 3.05) is 37.0 Å². The number of anilines is 2. The molecular formula is C24H24FN5O2. The van der Waals surface area contributed by atoms with E-state index in [1.165, 1.54) is 19.4 Å². The van der Waals surface area contributed by atoms with Crippen molar-refractivity contribution < 1.29 is 13.9 Å². The number of rotatable bonds is 5. The standard InChI is InChI=1S/C24H24FN5O2/c1-29(15-9-11-26-13-15)20-7-4-8-21(28-20)30-14-17-16(24(30)31)10-12-27-23(17)22-18(25)5-3-6-19(22)32-2/h3-8,10,12,15,26H,9,11,13-14H2,1-2H3. The van der Waals surface area contributed by atoms with Crippen LogP contribution in [0.1, 0.15) is 22.3 Å². The fourth-order valence-corrected chi connectivity index (χ4v) is 4.45. The number of carbonyl (C=O) groups is 1. The second-order valence-electron chi connectivity index (χ2n) is 8.01. The summed E-state index contributed by atoms with van der Waals surface area (Å²) in [6.45, 7) is 2.17. The number of methoxy groups -OCH3 is 1. The van der Waals surface area contributed by atoms with E-state index < -0.39 is 5.82 Å². The van der Waals surface area contributed by atoms with Gasteiger partial charge in [-0.15, -0.1) is 0 Å². The molecule has 0 aliphatic carbocycles. The number of nitrogens with one attached hydrogen (secondary N) is 1. The van der Waals surface area contributed by atoms with Gasteiger partial charge >= 0.3 is 0 Å². The molecular weight excluding hydrogens is 409 g/mol. The van der Waals surface area contributed by atoms with Gasteiger partial charge in [-0.25, -0.2) is 9.37 Å². The molecule has 164 valence electrons. The van der Waals surface area contributed by atoms with Crippen molar-refractivity contribution in [1.82, 2.24) is 15.3 Å². The highest BCUT2D eigenvalue weighted by molar-refractivity contribution is 6.10. The van der Waals surface area contributed by atoms with E-state index in [1.54, 1.807) is 23.1 Å². The minimum Gasteiger partial charge on any atom is -0.496 e. The van der Waals surface area contributed by atoms with E-state index in [2.05, 4.69) is 15.2 Å². The number of hydrogen-bond donors (Lipinski definition) is 1. The van der Waals surface area contributed by atoms with E-state index in [9.17, 15) is 9.18 Å². The molecule has 0 spiro atoms. The Bertz CT molecular complexity index is 1180. The average Bonchev–Trinajstić information content (AvgIpc) is 3.47. The predicted octanol–water partition coefficient (Wildman–Crippen LogP) is 3.25. The quantitative estimate of drug-likeness (QED) is 0.666. The second kappa shape index (κ2) is 8.20. The lowest BCUT2D eigenvalue weighted by Gasteiger charge is -2.26. The number of ether oxygens (including phenoxy) is 1. The molecule has 1 N–H and O–H groups in total. The Balaban J connectivity index is 1.51. The second-order valence-corrected chi connectivity index (χ2v) is 8.01. The predicted molar refractivity (Wildman–Crippen MR) is 121 cm³/mol. The van der Waals surface area contributed by atoms with E-state index in [0.29, 0.717) is 34.4 Å². The first-order valence-electron chi connectivity index (χ1n) is 10.6. The van der Waals surface area contributed by atoms with Crippen LogP contribution in [0.4, 0.5) is 16.0 Å². The van der Waals surface area contributed by atoms with Gasteiger partial charge in [-0.1, -0.05) is 12.1 Å². The maximum atomic E-state index is 14.8. The summed E-state index contributed by atoms with van der Waals surface area (Å²) in [5.41, 5.74) is 1.84. The molecule has 8 heteroatoms. The SMILES string of the molecule is COc1cccc(F)c1-c1nccc2c1CN(c1cccc(N(C)C3CCNC3)n1)C2=O. The van der Waals surface area contributed by atoms with Crippen LogP contribution in [0.5, 0.6) is 5.75 Å². The van der Waals surface area contributed by atoms with Crippen molar-refractivity contribution in [3.05, 3.63) is 65.6 Å². The number of pyridine rings is 2. The number of halogens is 1. The number of carbonyl (C=O) groups excluding carboxylic acids is 1. The first-order chi connectivity index (χ1) is 15.6. The van der Waals surface area contributed by atoms with E-state index >= 15 is 0 Å². The molecule has 1 atom stereocenters. The minimum absolute atomic E-state index is 0.172. The zero-order valence-corrected chi connectivity index (χ0v) is 18.0. The molecule has 1 fully saturated rings. The van der Waals surface area contributed by atoms with Crippen molar-refractivity contribution in [1.29, 1.82) is 0 Å². The topological polar surface area (TPSA) is 70.6 Å². The number of nitrogens with zero attached hydrogens (tertiary/aromatic N) is 4. The van der Waals surface area contributed by atoms with Crippen LogP contribution < -0.4 is 19.9 Å². The third-order valence-electron chi connectivity index (χ3n) is 6.22. The molecule has 1 aromatic carbocycles. The van der Waals surface area contributed by atoms with Gasteiger partial charge in [0.1, 0.15) is 23.2 Å². The average molecular weight is 433 g/mol. The fraction of sp³-hybridized carbons (Fsp3) is 0.292. The van der Waals surface area contributed by atoms with E-state index in [1.807, 2.05) is 25.2 Å². The summed E-state index contributed by atoms with van der Waals surface area (Å²) >= 11 is 0. The Labute approximate surface area is 185 Å². The van der Waals surface area contributed by atoms with Gasteiger partial charge in [-0.3, -0.25) is 14.7 Å². The van der Waals surface area contributed by atoms with E-state index in [4.69, 9.17) is 9.72 Å². The number of amides is 1. The lowest BCUT2D eigenvalue weighted by Crippen LogP contribution is -2.34. The molecule has 1 amide bonds. The molecule has 2 aromatic heterocycles. The van der Waals surface area contributed by atoms with Crippen LogP contribution in [0.25, 0.3) is 11.3 Å². The molecule has 2 aliphatic heterocycles. The van der Waals surface area contributed by atoms with Crippen molar-refractivity contribution in [2.45, 2.75) is 19.0 Å². The molecule has 1 saturated heterocycles. The lowest BCUT2D eigenvalue weighted by molar-refractivity contribution is 0.0996. The zero-order valence-electron chi connectivity index (χ0n) is 18.0. The Hall–Kier alpha value is -3.52. The van der Waals surface area contributed by atoms with Crippen LogP contribution in [0, 0.1) is 5.82 Å². The largest absolute Gasteiger partial charge is 0.496 e. The summed E-state index contributed by atoms with van der Waals surface area (Å²) in [7, 11) is 3.52. The summed E-state index contributed by atoms with van der Waals surface area (Å²) in [6, 6.07) is 12.4. The molecule has 1 unspecified atom stereocenters. The van der Waals surface area contributed by atoms with Crippen molar-refractivity contribution in [2.24, 2.45) is 0 Å². The normalized spacial score (nSPS) is 17.5. The van der Waals surface area contributed by atoms with Crippen LogP contribution in [-0.4, -0.2) is 49.2 Å². The van der Waals surface area contributed by atoms with Gasteiger partial charge in [0.2, 0.25) is 0 Å². The summed E-state index contributed by atoms with van der Waals surface area (Å²) in [4.78, 5) is 26.2. The fourth-order valence-electron chi connectivity index (χ4n) is 4.45. The minimum atomic E-state index is -0.442. The van der Waals surface area contributed by atoms with Gasteiger partial charge in [-0.05, 0) is 43.3 Å². The first kappa shape index (κ1) is 20.4. The maximum absolute atomic E-state index is 14.8. The van der Waals surface area contributed by atoms with Crippen LogP contribution in [-0.2, 0) is 6.54 Å². The van der Waals surface area contributed by atoms with Crippen molar-refractivity contribution in [3.63, 3.8) is 0 Å². The number of aromatic nitrogens is 2. The Morgan fingerprint density at radius 2 is 2.06 bits per heavy atom. The summed E-state index contributed by atoms with van der Waals surface area (Å²) in [6.07, 6.45) is 2.59. The van der Waals surface area contributed by atoms with Crippen LogP contribution in [0.15, 0.2) is 48.7 Å². The maximum Gasteiger partial charge on any atom is 0.260 e. The molecule has 0 saturated carbocycles. The molecule has 5 rings (SSSR count). The monoisotopic (exact) mass is 433 g/mol. The van der Waals surface area contributed by atoms with E-state index in [-0.39, 0.29) is 18.0 Å². The van der Waals surface area contributed by atoms with Crippen LogP contribution in [0.2, 0.25) is 0 Å². The number of likely N-dealkylation sites (N-methyl/N-ethyl adjacent to an activating group) is 1. The van der Waals surface area contributed by atoms with Crippen LogP contribution in [0.3, 0.4) is 0 Å². The molecule has 3 aromatic rings. The number of fused-ring (bicyclic) bond motifs is 1. The Morgan fingerprint density at radius 1 is 1.22 bits per heavy atom. The highest BCUT2D eigenvalue weighted by atomic mass is 19.1. The third-order valence-corrected chi connectivity index (χ3v) is 6.22. The van der Waals surface area contributed by atoms with E-state index in [0.717, 1.165) is 25.3 Å². The van der Waals surface area contributed by atoms with Gasteiger partial charge in [0.25, 0.3) is 5.91 Å². The van der Waals surface area contributed by atoms with Crippen LogP contribution >= 0.6 is 0 Å². The molecule has 7 nitrogen and oxygen atoms in total. The first-order valence-corrected chi connectivity index (χ1v) is 10.6. The van der Waals surface area contributed by atoms with Crippen molar-refractivity contribution >= 4 is 17.5 Å². The Kier molecular flexibility index (Phi) is 5.22. The summed E-state index contributed by atoms with van der Waals surface area (Å²) in [5, 5.41) is 3.37. The highest BCUT2D eigenvalue weighted by Gasteiger charge is 2.33. The lowest BCUT2D eigenvalue weighted by atomic mass is 10.0. The zero-order chi connectivity index (χ0) is 22.2.